The van der Waals surface area contributed by atoms with Crippen molar-refractivity contribution in [1.82, 2.24) is 0 Å². The van der Waals surface area contributed by atoms with Gasteiger partial charge in [-0.25, -0.2) is 0 Å². The third kappa shape index (κ3) is 1.94. The maximum Gasteiger partial charge on any atom is 0.0550 e. The maximum atomic E-state index is 9.00. The Morgan fingerprint density at radius 2 is 1.78 bits per heavy atom. The summed E-state index contributed by atoms with van der Waals surface area (Å²) in [6, 6.07) is 14.5. The Balaban J connectivity index is 2.37. The quantitative estimate of drug-likeness (QED) is 0.554. The lowest BCUT2D eigenvalue weighted by molar-refractivity contribution is 0.299. The lowest BCUT2D eigenvalue weighted by Crippen LogP contribution is -1.89. The molecule has 0 atom stereocenters. The normalized spacial score (nSPS) is 11.2. The topological polar surface area (TPSA) is 20.2 Å². The molecule has 0 saturated heterocycles. The summed E-state index contributed by atoms with van der Waals surface area (Å²) >= 11 is 7.32. The number of hydrogen-bond donors (Lipinski definition) is 1. The average molecular weight is 272 g/mol. The van der Waals surface area contributed by atoms with Crippen molar-refractivity contribution in [3.8, 4) is 0 Å². The third-order valence-corrected chi connectivity index (χ3v) is 4.62. The Morgan fingerprint density at radius 1 is 1.00 bits per heavy atom. The van der Waals surface area contributed by atoms with Gasteiger partial charge in [0.1, 0.15) is 0 Å². The van der Waals surface area contributed by atoms with Gasteiger partial charge in [0, 0.05) is 26.8 Å². The minimum absolute atomic E-state index is 0.185. The molecule has 0 unspecified atom stereocenters. The molecule has 1 nitrogen and oxygen atoms in total. The second kappa shape index (κ2) is 4.76. The molecule has 1 aromatic heterocycles. The molecule has 3 aromatic rings. The van der Waals surface area contributed by atoms with Crippen LogP contribution < -0.4 is 0 Å². The number of fused-ring (bicyclic) bond motifs is 2. The Labute approximate surface area is 114 Å². The molecule has 0 aliphatic carbocycles. The van der Waals surface area contributed by atoms with E-state index in [9.17, 15) is 0 Å². The van der Waals surface area contributed by atoms with Crippen LogP contribution in [0.4, 0.5) is 0 Å². The number of aliphatic hydroxyl groups is 1. The first-order valence-electron chi connectivity index (χ1n) is 5.85. The molecular formula is C15H12OS2. The Morgan fingerprint density at radius 3 is 2.61 bits per heavy atom. The molecule has 0 bridgehead atoms. The lowest BCUT2D eigenvalue weighted by atomic mass is 10.1. The van der Waals surface area contributed by atoms with Crippen molar-refractivity contribution < 1.29 is 5.11 Å². The van der Waals surface area contributed by atoms with Gasteiger partial charge in [0.05, 0.1) is 4.51 Å². The molecule has 1 N–H and O–H groups in total. The smallest absolute Gasteiger partial charge is 0.0550 e. The van der Waals surface area contributed by atoms with Crippen molar-refractivity contribution in [3.05, 3.63) is 52.5 Å². The highest BCUT2D eigenvalue weighted by atomic mass is 32.1. The molecule has 2 aromatic carbocycles. The van der Waals surface area contributed by atoms with Crippen LogP contribution in [0.3, 0.4) is 0 Å². The van der Waals surface area contributed by atoms with E-state index in [0.717, 1.165) is 20.8 Å². The molecule has 3 rings (SSSR count). The van der Waals surface area contributed by atoms with E-state index in [2.05, 4.69) is 30.3 Å². The van der Waals surface area contributed by atoms with Crippen LogP contribution in [0.1, 0.15) is 5.56 Å². The van der Waals surface area contributed by atoms with Crippen LogP contribution >= 0.6 is 23.6 Å². The minimum atomic E-state index is 0.185. The van der Waals surface area contributed by atoms with Gasteiger partial charge in [-0.2, -0.15) is 0 Å². The van der Waals surface area contributed by atoms with Gasteiger partial charge in [-0.1, -0.05) is 42.5 Å². The van der Waals surface area contributed by atoms with Crippen LogP contribution in [0.25, 0.3) is 20.2 Å². The van der Waals surface area contributed by atoms with Gasteiger partial charge in [-0.05, 0) is 24.1 Å². The zero-order valence-corrected chi connectivity index (χ0v) is 11.4. The summed E-state index contributed by atoms with van der Waals surface area (Å²) in [6.45, 7) is 0.185. The lowest BCUT2D eigenvalue weighted by Gasteiger charge is -2.04. The van der Waals surface area contributed by atoms with Gasteiger partial charge in [0.15, 0.2) is 0 Å². The van der Waals surface area contributed by atoms with Crippen molar-refractivity contribution in [2.24, 2.45) is 0 Å². The van der Waals surface area contributed by atoms with E-state index in [-0.39, 0.29) is 6.61 Å². The molecule has 0 aliphatic heterocycles. The molecule has 0 saturated carbocycles. The van der Waals surface area contributed by atoms with Gasteiger partial charge < -0.3 is 5.11 Å². The fraction of sp³-hybridized carbons (Fsp3) is 0.133. The molecule has 1 heterocycles. The molecule has 0 fully saturated rings. The van der Waals surface area contributed by atoms with Crippen molar-refractivity contribution in [1.29, 1.82) is 0 Å². The van der Waals surface area contributed by atoms with Crippen LogP contribution in [0.15, 0.2) is 42.5 Å². The molecule has 0 spiro atoms. The monoisotopic (exact) mass is 272 g/mol. The molecule has 3 heteroatoms. The van der Waals surface area contributed by atoms with E-state index in [1.807, 2.05) is 12.1 Å². The van der Waals surface area contributed by atoms with Crippen LogP contribution in [0.5, 0.6) is 0 Å². The average Bonchev–Trinajstić information content (AvgIpc) is 2.39. The summed E-state index contributed by atoms with van der Waals surface area (Å²) in [5.74, 6) is 0. The van der Waals surface area contributed by atoms with Crippen molar-refractivity contribution >= 4 is 43.7 Å². The van der Waals surface area contributed by atoms with Crippen LogP contribution in [-0.2, 0) is 6.42 Å². The van der Waals surface area contributed by atoms with Gasteiger partial charge >= 0.3 is 0 Å². The largest absolute Gasteiger partial charge is 0.396 e. The molecule has 90 valence electrons. The standard InChI is InChI=1S/C15H12OS2/c16-8-7-10-5-6-12-14(9-10)18-13-4-2-1-3-11(13)15(12)17/h1-6,9,16H,7-8H2. The third-order valence-electron chi connectivity index (χ3n) is 3.04. The number of hydrogen-bond acceptors (Lipinski definition) is 3. The van der Waals surface area contributed by atoms with Gasteiger partial charge in [0.2, 0.25) is 0 Å². The predicted molar refractivity (Wildman–Crippen MR) is 81.0 cm³/mol. The first-order chi connectivity index (χ1) is 8.79. The number of benzene rings is 2. The Bertz CT molecular complexity index is 774. The van der Waals surface area contributed by atoms with Crippen molar-refractivity contribution in [2.75, 3.05) is 6.61 Å². The summed E-state index contributed by atoms with van der Waals surface area (Å²) in [6.07, 6.45) is 0.697. The fourth-order valence-corrected chi connectivity index (χ4v) is 3.77. The molecule has 0 amide bonds. The maximum absolute atomic E-state index is 9.00. The first-order valence-corrected chi connectivity index (χ1v) is 7.07. The molecule has 0 radical (unpaired) electrons. The van der Waals surface area contributed by atoms with Gasteiger partial charge in [-0.3, -0.25) is 0 Å². The van der Waals surface area contributed by atoms with Crippen LogP contribution in [-0.4, -0.2) is 11.7 Å². The van der Waals surface area contributed by atoms with E-state index < -0.39 is 0 Å². The van der Waals surface area contributed by atoms with E-state index in [1.165, 1.54) is 9.40 Å². The Hall–Kier alpha value is -1.29. The number of rotatable bonds is 2. The zero-order valence-electron chi connectivity index (χ0n) is 9.72. The summed E-state index contributed by atoms with van der Waals surface area (Å²) < 4.78 is 3.34. The number of aliphatic hydroxyl groups excluding tert-OH is 1. The van der Waals surface area contributed by atoms with Gasteiger partial charge in [-0.15, -0.1) is 11.3 Å². The summed E-state index contributed by atoms with van der Waals surface area (Å²) in [4.78, 5) is 0. The van der Waals surface area contributed by atoms with E-state index >= 15 is 0 Å². The predicted octanol–water partition coefficient (Wildman–Crippen LogP) is 4.32. The van der Waals surface area contributed by atoms with E-state index in [1.54, 1.807) is 11.3 Å². The van der Waals surface area contributed by atoms with E-state index in [4.69, 9.17) is 17.3 Å². The van der Waals surface area contributed by atoms with Crippen molar-refractivity contribution in [3.63, 3.8) is 0 Å². The summed E-state index contributed by atoms with van der Waals surface area (Å²) in [5, 5.41) is 11.3. The van der Waals surface area contributed by atoms with Crippen molar-refractivity contribution in [2.45, 2.75) is 6.42 Å². The summed E-state index contributed by atoms with van der Waals surface area (Å²) in [5.41, 5.74) is 1.16. The molecule has 0 aliphatic rings. The Kier molecular flexibility index (Phi) is 3.12. The SMILES string of the molecule is OCCc1ccc2c(=S)c3ccccc3sc2c1. The second-order valence-electron chi connectivity index (χ2n) is 4.23. The summed E-state index contributed by atoms with van der Waals surface area (Å²) in [7, 11) is 0. The van der Waals surface area contributed by atoms with Gasteiger partial charge in [0.25, 0.3) is 0 Å². The van der Waals surface area contributed by atoms with E-state index in [0.29, 0.717) is 6.42 Å². The highest BCUT2D eigenvalue weighted by molar-refractivity contribution is 7.72. The van der Waals surface area contributed by atoms with Crippen LogP contribution in [0.2, 0.25) is 0 Å². The van der Waals surface area contributed by atoms with Crippen LogP contribution in [0, 0.1) is 4.51 Å². The molecule has 18 heavy (non-hydrogen) atoms. The highest BCUT2D eigenvalue weighted by Gasteiger charge is 2.03. The second-order valence-corrected chi connectivity index (χ2v) is 5.72. The highest BCUT2D eigenvalue weighted by Crippen LogP contribution is 2.30. The minimum Gasteiger partial charge on any atom is -0.396 e. The zero-order chi connectivity index (χ0) is 12.5. The fourth-order valence-electron chi connectivity index (χ4n) is 2.13. The molecular weight excluding hydrogens is 260 g/mol. The first kappa shape index (κ1) is 11.8.